The van der Waals surface area contributed by atoms with Gasteiger partial charge in [0.05, 0.1) is 11.0 Å². The van der Waals surface area contributed by atoms with Gasteiger partial charge in [0.25, 0.3) is 0 Å². The summed E-state index contributed by atoms with van der Waals surface area (Å²) in [6.07, 6.45) is 0. The van der Waals surface area contributed by atoms with Crippen molar-refractivity contribution < 1.29 is 4.52 Å². The standard InChI is InChI=1S/C16H20N6O2/c1-10-17-15(24-20-10)14-9-22(6-5-21(14)2)8-11-3-4-12-13(7-11)19-16(23)18-12/h3-4,7,14H,5-6,8-9H2,1-2H3,(H2,18,19,23). The summed E-state index contributed by atoms with van der Waals surface area (Å²) in [7, 11) is 2.08. The fraction of sp³-hybridized carbons (Fsp3) is 0.438. The minimum Gasteiger partial charge on any atom is -0.338 e. The fourth-order valence-corrected chi connectivity index (χ4v) is 3.23. The smallest absolute Gasteiger partial charge is 0.323 e. The van der Waals surface area contributed by atoms with Crippen molar-refractivity contribution in [1.82, 2.24) is 29.9 Å². The minimum absolute atomic E-state index is 0.107. The van der Waals surface area contributed by atoms with Crippen molar-refractivity contribution in [2.75, 3.05) is 26.7 Å². The monoisotopic (exact) mass is 328 g/mol. The Bertz CT molecular complexity index is 911. The van der Waals surface area contributed by atoms with Gasteiger partial charge in [-0.3, -0.25) is 9.80 Å². The zero-order valence-electron chi connectivity index (χ0n) is 13.7. The molecule has 3 aromatic rings. The SMILES string of the molecule is Cc1noc(C2CN(Cc3ccc4[nH]c(=O)[nH]c4c3)CCN2C)n1. The normalized spacial score (nSPS) is 20.0. The van der Waals surface area contributed by atoms with E-state index >= 15 is 0 Å². The summed E-state index contributed by atoms with van der Waals surface area (Å²) in [5.74, 6) is 1.34. The second-order valence-corrected chi connectivity index (χ2v) is 6.37. The second kappa shape index (κ2) is 5.88. The van der Waals surface area contributed by atoms with Gasteiger partial charge in [-0.05, 0) is 31.7 Å². The maximum atomic E-state index is 11.4. The summed E-state index contributed by atoms with van der Waals surface area (Å²) < 4.78 is 5.36. The van der Waals surface area contributed by atoms with Crippen molar-refractivity contribution in [3.05, 3.63) is 46.0 Å². The van der Waals surface area contributed by atoms with Crippen LogP contribution in [0.25, 0.3) is 11.0 Å². The van der Waals surface area contributed by atoms with Crippen molar-refractivity contribution in [2.24, 2.45) is 0 Å². The summed E-state index contributed by atoms with van der Waals surface area (Å²) >= 11 is 0. The Kier molecular flexibility index (Phi) is 3.70. The van der Waals surface area contributed by atoms with Crippen LogP contribution in [-0.4, -0.2) is 56.6 Å². The predicted molar refractivity (Wildman–Crippen MR) is 88.6 cm³/mol. The first-order chi connectivity index (χ1) is 11.6. The molecule has 2 aromatic heterocycles. The molecule has 8 heteroatoms. The number of rotatable bonds is 3. The summed E-state index contributed by atoms with van der Waals surface area (Å²) in [6, 6.07) is 6.13. The Hall–Kier alpha value is -2.45. The lowest BCUT2D eigenvalue weighted by atomic mass is 10.1. The minimum atomic E-state index is -0.173. The maximum absolute atomic E-state index is 11.4. The third-order valence-electron chi connectivity index (χ3n) is 4.55. The molecule has 1 aliphatic rings. The highest BCUT2D eigenvalue weighted by Gasteiger charge is 2.29. The van der Waals surface area contributed by atoms with Crippen molar-refractivity contribution in [3.8, 4) is 0 Å². The molecule has 24 heavy (non-hydrogen) atoms. The Morgan fingerprint density at radius 1 is 1.29 bits per heavy atom. The molecule has 0 bridgehead atoms. The molecular weight excluding hydrogens is 308 g/mol. The molecule has 2 N–H and O–H groups in total. The number of hydrogen-bond donors (Lipinski definition) is 2. The summed E-state index contributed by atoms with van der Waals surface area (Å²) in [6.45, 7) is 5.40. The molecule has 1 fully saturated rings. The molecular formula is C16H20N6O2. The number of nitrogens with one attached hydrogen (secondary N) is 2. The Morgan fingerprint density at radius 2 is 2.12 bits per heavy atom. The highest BCUT2D eigenvalue weighted by Crippen LogP contribution is 2.24. The van der Waals surface area contributed by atoms with E-state index in [1.54, 1.807) is 0 Å². The predicted octanol–water partition coefficient (Wildman–Crippen LogP) is 1.04. The van der Waals surface area contributed by atoms with E-state index < -0.39 is 0 Å². The lowest BCUT2D eigenvalue weighted by molar-refractivity contribution is 0.0715. The van der Waals surface area contributed by atoms with Gasteiger partial charge in [0.2, 0.25) is 5.89 Å². The molecule has 0 spiro atoms. The lowest BCUT2D eigenvalue weighted by Gasteiger charge is -2.37. The van der Waals surface area contributed by atoms with Gasteiger partial charge in [0.15, 0.2) is 5.82 Å². The lowest BCUT2D eigenvalue weighted by Crippen LogP contribution is -2.46. The zero-order chi connectivity index (χ0) is 16.7. The van der Waals surface area contributed by atoms with Crippen LogP contribution in [0.2, 0.25) is 0 Å². The van der Waals surface area contributed by atoms with Gasteiger partial charge in [-0.25, -0.2) is 4.79 Å². The van der Waals surface area contributed by atoms with Gasteiger partial charge in [0, 0.05) is 26.2 Å². The van der Waals surface area contributed by atoms with Crippen LogP contribution >= 0.6 is 0 Å². The van der Waals surface area contributed by atoms with E-state index in [9.17, 15) is 4.79 Å². The average Bonchev–Trinajstić information content (AvgIpc) is 3.13. The van der Waals surface area contributed by atoms with Crippen LogP contribution in [-0.2, 0) is 6.54 Å². The first-order valence-electron chi connectivity index (χ1n) is 8.02. The number of piperazine rings is 1. The number of benzene rings is 1. The maximum Gasteiger partial charge on any atom is 0.323 e. The fourth-order valence-electron chi connectivity index (χ4n) is 3.23. The van der Waals surface area contributed by atoms with Crippen molar-refractivity contribution in [3.63, 3.8) is 0 Å². The van der Waals surface area contributed by atoms with E-state index in [1.165, 1.54) is 5.56 Å². The van der Waals surface area contributed by atoms with Gasteiger partial charge in [-0.2, -0.15) is 4.98 Å². The number of hydrogen-bond acceptors (Lipinski definition) is 6. The van der Waals surface area contributed by atoms with Crippen LogP contribution in [0.5, 0.6) is 0 Å². The van der Waals surface area contributed by atoms with Gasteiger partial charge in [-0.1, -0.05) is 11.2 Å². The molecule has 0 radical (unpaired) electrons. The Morgan fingerprint density at radius 3 is 2.92 bits per heavy atom. The molecule has 1 atom stereocenters. The number of aromatic nitrogens is 4. The highest BCUT2D eigenvalue weighted by molar-refractivity contribution is 5.74. The number of aryl methyl sites for hydroxylation is 1. The third-order valence-corrected chi connectivity index (χ3v) is 4.55. The van der Waals surface area contributed by atoms with Crippen LogP contribution in [0.3, 0.4) is 0 Å². The molecule has 8 nitrogen and oxygen atoms in total. The Balaban J connectivity index is 1.52. The number of fused-ring (bicyclic) bond motifs is 1. The van der Waals surface area contributed by atoms with E-state index in [4.69, 9.17) is 4.52 Å². The Labute approximate surface area is 138 Å². The molecule has 1 unspecified atom stereocenters. The molecule has 0 amide bonds. The summed E-state index contributed by atoms with van der Waals surface area (Å²) in [5.41, 5.74) is 2.67. The van der Waals surface area contributed by atoms with Crippen molar-refractivity contribution in [2.45, 2.75) is 19.5 Å². The third kappa shape index (κ3) is 2.85. The summed E-state index contributed by atoms with van der Waals surface area (Å²) in [4.78, 5) is 26.0. The van der Waals surface area contributed by atoms with Gasteiger partial charge >= 0.3 is 5.69 Å². The molecule has 1 saturated heterocycles. The largest absolute Gasteiger partial charge is 0.338 e. The molecule has 0 saturated carbocycles. The molecule has 126 valence electrons. The van der Waals surface area contributed by atoms with Gasteiger partial charge in [-0.15, -0.1) is 0 Å². The molecule has 0 aliphatic carbocycles. The highest BCUT2D eigenvalue weighted by atomic mass is 16.5. The first-order valence-corrected chi connectivity index (χ1v) is 8.02. The number of nitrogens with zero attached hydrogens (tertiary/aromatic N) is 4. The van der Waals surface area contributed by atoms with Crippen LogP contribution in [0.1, 0.15) is 23.3 Å². The van der Waals surface area contributed by atoms with E-state index in [2.05, 4.69) is 43.0 Å². The van der Waals surface area contributed by atoms with Crippen LogP contribution in [0.4, 0.5) is 0 Å². The summed E-state index contributed by atoms with van der Waals surface area (Å²) in [5, 5.41) is 3.90. The number of imidazole rings is 1. The zero-order valence-corrected chi connectivity index (χ0v) is 13.7. The molecule has 4 rings (SSSR count). The van der Waals surface area contributed by atoms with E-state index in [0.29, 0.717) is 11.7 Å². The van der Waals surface area contributed by atoms with Crippen LogP contribution < -0.4 is 5.69 Å². The second-order valence-electron chi connectivity index (χ2n) is 6.37. The average molecular weight is 328 g/mol. The quantitative estimate of drug-likeness (QED) is 0.746. The van der Waals surface area contributed by atoms with Crippen LogP contribution in [0.15, 0.2) is 27.5 Å². The number of aromatic amines is 2. The van der Waals surface area contributed by atoms with Gasteiger partial charge < -0.3 is 14.5 Å². The topological polar surface area (TPSA) is 94.0 Å². The van der Waals surface area contributed by atoms with Crippen molar-refractivity contribution >= 4 is 11.0 Å². The number of H-pyrrole nitrogens is 2. The molecule has 3 heterocycles. The van der Waals surface area contributed by atoms with Gasteiger partial charge in [0.1, 0.15) is 6.04 Å². The van der Waals surface area contributed by atoms with Crippen molar-refractivity contribution in [1.29, 1.82) is 0 Å². The first kappa shape index (κ1) is 15.1. The van der Waals surface area contributed by atoms with E-state index in [0.717, 1.165) is 37.2 Å². The van der Waals surface area contributed by atoms with Crippen LogP contribution in [0, 0.1) is 6.92 Å². The molecule has 1 aromatic carbocycles. The van der Waals surface area contributed by atoms with E-state index in [-0.39, 0.29) is 11.7 Å². The van der Waals surface area contributed by atoms with E-state index in [1.807, 2.05) is 19.1 Å². The number of likely N-dealkylation sites (N-methyl/N-ethyl adjacent to an activating group) is 1. The molecule has 1 aliphatic heterocycles.